The van der Waals surface area contributed by atoms with Crippen molar-refractivity contribution in [3.63, 3.8) is 0 Å². The Morgan fingerprint density at radius 3 is 2.00 bits per heavy atom. The molecule has 1 N–H and O–H groups in total. The predicted molar refractivity (Wildman–Crippen MR) is 76.7 cm³/mol. The lowest BCUT2D eigenvalue weighted by atomic mass is 10.1. The maximum absolute atomic E-state index is 9.90. The molecule has 0 heterocycles. The highest BCUT2D eigenvalue weighted by atomic mass is 16.5. The van der Waals surface area contributed by atoms with Crippen LogP contribution in [-0.4, -0.2) is 19.3 Å². The van der Waals surface area contributed by atoms with Crippen LogP contribution in [0.5, 0.6) is 23.0 Å². The van der Waals surface area contributed by atoms with Crippen molar-refractivity contribution < 1.29 is 19.3 Å². The summed E-state index contributed by atoms with van der Waals surface area (Å²) in [4.78, 5) is 0. The molecule has 0 aliphatic carbocycles. The van der Waals surface area contributed by atoms with Crippen LogP contribution in [0.15, 0.2) is 42.5 Å². The van der Waals surface area contributed by atoms with E-state index >= 15 is 0 Å². The topological polar surface area (TPSA) is 47.9 Å². The maximum Gasteiger partial charge on any atom is 0.136 e. The van der Waals surface area contributed by atoms with Gasteiger partial charge in [0.1, 0.15) is 23.0 Å². The Balaban J connectivity index is 2.32. The monoisotopic (exact) mass is 274 g/mol. The van der Waals surface area contributed by atoms with Crippen LogP contribution in [0.25, 0.3) is 0 Å². The van der Waals surface area contributed by atoms with Gasteiger partial charge in [-0.15, -0.1) is 0 Å². The van der Waals surface area contributed by atoms with E-state index < -0.39 is 6.10 Å². The summed E-state index contributed by atoms with van der Waals surface area (Å²) in [6.45, 7) is 1.68. The van der Waals surface area contributed by atoms with E-state index in [1.165, 1.54) is 0 Å². The molecule has 4 heteroatoms. The third-order valence-electron chi connectivity index (χ3n) is 2.95. The molecule has 0 aliphatic rings. The molecular weight excluding hydrogens is 256 g/mol. The summed E-state index contributed by atoms with van der Waals surface area (Å²) < 4.78 is 16.2. The van der Waals surface area contributed by atoms with Crippen LogP contribution in [0.1, 0.15) is 18.6 Å². The minimum atomic E-state index is -0.681. The van der Waals surface area contributed by atoms with Crippen molar-refractivity contribution in [1.82, 2.24) is 0 Å². The largest absolute Gasteiger partial charge is 0.497 e. The molecule has 4 nitrogen and oxygen atoms in total. The van der Waals surface area contributed by atoms with Gasteiger partial charge < -0.3 is 19.3 Å². The van der Waals surface area contributed by atoms with E-state index in [4.69, 9.17) is 14.2 Å². The van der Waals surface area contributed by atoms with Gasteiger partial charge in [-0.3, -0.25) is 0 Å². The van der Waals surface area contributed by atoms with Crippen molar-refractivity contribution in [3.8, 4) is 23.0 Å². The van der Waals surface area contributed by atoms with Gasteiger partial charge in [-0.1, -0.05) is 6.07 Å². The normalized spacial score (nSPS) is 11.8. The van der Waals surface area contributed by atoms with E-state index in [0.29, 0.717) is 22.8 Å². The molecule has 0 unspecified atom stereocenters. The lowest BCUT2D eigenvalue weighted by Crippen LogP contribution is -2.00. The number of ether oxygens (including phenoxy) is 3. The Bertz CT molecular complexity index is 561. The summed E-state index contributed by atoms with van der Waals surface area (Å²) in [5, 5.41) is 9.90. The fourth-order valence-electron chi connectivity index (χ4n) is 1.97. The van der Waals surface area contributed by atoms with Crippen molar-refractivity contribution in [2.45, 2.75) is 13.0 Å². The van der Waals surface area contributed by atoms with E-state index in [9.17, 15) is 5.11 Å². The Hall–Kier alpha value is -2.20. The lowest BCUT2D eigenvalue weighted by molar-refractivity contribution is 0.190. The molecule has 2 aromatic carbocycles. The molecule has 0 saturated heterocycles. The number of rotatable bonds is 5. The van der Waals surface area contributed by atoms with Gasteiger partial charge in [-0.2, -0.15) is 0 Å². The zero-order valence-corrected chi connectivity index (χ0v) is 11.8. The smallest absolute Gasteiger partial charge is 0.136 e. The average molecular weight is 274 g/mol. The van der Waals surface area contributed by atoms with Crippen molar-refractivity contribution in [2.75, 3.05) is 14.2 Å². The van der Waals surface area contributed by atoms with Gasteiger partial charge in [0.25, 0.3) is 0 Å². The second-order valence-electron chi connectivity index (χ2n) is 4.33. The number of hydrogen-bond acceptors (Lipinski definition) is 4. The van der Waals surface area contributed by atoms with Gasteiger partial charge in [0.15, 0.2) is 0 Å². The third kappa shape index (κ3) is 3.03. The van der Waals surface area contributed by atoms with Crippen LogP contribution in [0.3, 0.4) is 0 Å². The molecule has 0 bridgehead atoms. The molecule has 2 rings (SSSR count). The van der Waals surface area contributed by atoms with Gasteiger partial charge in [-0.25, -0.2) is 0 Å². The van der Waals surface area contributed by atoms with Crippen molar-refractivity contribution in [2.24, 2.45) is 0 Å². The van der Waals surface area contributed by atoms with Crippen LogP contribution in [0, 0.1) is 0 Å². The van der Waals surface area contributed by atoms with E-state index in [-0.39, 0.29) is 0 Å². The molecule has 0 spiro atoms. The van der Waals surface area contributed by atoms with Crippen LogP contribution in [-0.2, 0) is 0 Å². The Morgan fingerprint density at radius 2 is 1.45 bits per heavy atom. The Morgan fingerprint density at radius 1 is 0.850 bits per heavy atom. The number of benzene rings is 2. The average Bonchev–Trinajstić information content (AvgIpc) is 2.47. The first-order chi connectivity index (χ1) is 9.65. The highest BCUT2D eigenvalue weighted by Gasteiger charge is 2.15. The molecule has 20 heavy (non-hydrogen) atoms. The quantitative estimate of drug-likeness (QED) is 0.905. The summed E-state index contributed by atoms with van der Waals surface area (Å²) in [5.41, 5.74) is 0.630. The molecule has 1 atom stereocenters. The fourth-order valence-corrected chi connectivity index (χ4v) is 1.97. The predicted octanol–water partition coefficient (Wildman–Crippen LogP) is 3.55. The van der Waals surface area contributed by atoms with Crippen LogP contribution >= 0.6 is 0 Å². The van der Waals surface area contributed by atoms with Gasteiger partial charge in [0.2, 0.25) is 0 Å². The molecule has 0 aromatic heterocycles. The van der Waals surface area contributed by atoms with E-state index in [2.05, 4.69) is 0 Å². The highest BCUT2D eigenvalue weighted by molar-refractivity contribution is 5.48. The van der Waals surface area contributed by atoms with Crippen LogP contribution in [0.4, 0.5) is 0 Å². The van der Waals surface area contributed by atoms with Gasteiger partial charge in [0, 0.05) is 0 Å². The zero-order valence-electron chi connectivity index (χ0n) is 11.8. The summed E-state index contributed by atoms with van der Waals surface area (Å²) in [5.74, 6) is 2.61. The van der Waals surface area contributed by atoms with Gasteiger partial charge in [-0.05, 0) is 43.3 Å². The third-order valence-corrected chi connectivity index (χ3v) is 2.95. The standard InChI is InChI=1S/C16H18O4/c1-11(17)16-14(19-3)5-4-6-15(16)20-13-9-7-12(18-2)8-10-13/h4-11,17H,1-3H3/t11-/m1/s1. The fraction of sp³-hybridized carbons (Fsp3) is 0.250. The Labute approximate surface area is 118 Å². The SMILES string of the molecule is COc1ccc(Oc2cccc(OC)c2[C@@H](C)O)cc1. The van der Waals surface area contributed by atoms with Crippen molar-refractivity contribution in [1.29, 1.82) is 0 Å². The van der Waals surface area contributed by atoms with Gasteiger partial charge in [0.05, 0.1) is 25.9 Å². The van der Waals surface area contributed by atoms with Crippen LogP contribution < -0.4 is 14.2 Å². The summed E-state index contributed by atoms with van der Waals surface area (Å²) >= 11 is 0. The highest BCUT2D eigenvalue weighted by Crippen LogP contribution is 2.36. The lowest BCUT2D eigenvalue weighted by Gasteiger charge is -2.16. The molecule has 2 aromatic rings. The first kappa shape index (κ1) is 14.2. The first-order valence-corrected chi connectivity index (χ1v) is 6.32. The first-order valence-electron chi connectivity index (χ1n) is 6.32. The second kappa shape index (κ2) is 6.30. The van der Waals surface area contributed by atoms with Gasteiger partial charge >= 0.3 is 0 Å². The minimum absolute atomic E-state index is 0.574. The molecule has 0 aliphatic heterocycles. The number of aliphatic hydroxyl groups excluding tert-OH is 1. The van der Waals surface area contributed by atoms with E-state index in [0.717, 1.165) is 5.75 Å². The molecule has 0 radical (unpaired) electrons. The van der Waals surface area contributed by atoms with E-state index in [1.807, 2.05) is 30.3 Å². The zero-order chi connectivity index (χ0) is 14.5. The maximum atomic E-state index is 9.90. The number of hydrogen-bond donors (Lipinski definition) is 1. The summed E-state index contributed by atoms with van der Waals surface area (Å²) in [7, 11) is 3.18. The molecule has 0 saturated carbocycles. The van der Waals surface area contributed by atoms with E-state index in [1.54, 1.807) is 33.3 Å². The molecule has 0 fully saturated rings. The molecular formula is C16H18O4. The summed E-state index contributed by atoms with van der Waals surface area (Å²) in [6, 6.07) is 12.7. The Kier molecular flexibility index (Phi) is 4.48. The number of aliphatic hydroxyl groups is 1. The minimum Gasteiger partial charge on any atom is -0.497 e. The molecule has 106 valence electrons. The summed E-state index contributed by atoms with van der Waals surface area (Å²) in [6.07, 6.45) is -0.681. The van der Waals surface area contributed by atoms with Crippen molar-refractivity contribution in [3.05, 3.63) is 48.0 Å². The van der Waals surface area contributed by atoms with Crippen molar-refractivity contribution >= 4 is 0 Å². The number of methoxy groups -OCH3 is 2. The second-order valence-corrected chi connectivity index (χ2v) is 4.33. The van der Waals surface area contributed by atoms with Crippen LogP contribution in [0.2, 0.25) is 0 Å². The molecule has 0 amide bonds.